The van der Waals surface area contributed by atoms with Crippen LogP contribution in [0.1, 0.15) is 58.3 Å². The summed E-state index contributed by atoms with van der Waals surface area (Å²) in [6, 6.07) is -0.940. The molecular weight excluding hydrogens is 246 g/mol. The van der Waals surface area contributed by atoms with Gasteiger partial charge in [0.2, 0.25) is 5.91 Å². The van der Waals surface area contributed by atoms with Crippen molar-refractivity contribution in [3.8, 4) is 0 Å². The molecule has 1 atom stereocenters. The van der Waals surface area contributed by atoms with E-state index in [1.54, 1.807) is 6.92 Å². The van der Waals surface area contributed by atoms with E-state index in [9.17, 15) is 14.4 Å². The molecule has 0 saturated heterocycles. The van der Waals surface area contributed by atoms with Gasteiger partial charge < -0.3 is 10.4 Å². The van der Waals surface area contributed by atoms with E-state index < -0.39 is 12.0 Å². The highest BCUT2D eigenvalue weighted by Crippen LogP contribution is 2.27. The Labute approximate surface area is 113 Å². The van der Waals surface area contributed by atoms with Gasteiger partial charge in [-0.15, -0.1) is 0 Å². The molecule has 108 valence electrons. The number of ketones is 1. The monoisotopic (exact) mass is 269 g/mol. The van der Waals surface area contributed by atoms with Crippen LogP contribution in [0, 0.1) is 5.92 Å². The molecule has 1 saturated carbocycles. The molecule has 0 radical (unpaired) electrons. The van der Waals surface area contributed by atoms with Gasteiger partial charge in [0.05, 0.1) is 0 Å². The molecule has 1 amide bonds. The lowest BCUT2D eigenvalue weighted by molar-refractivity contribution is -0.142. The van der Waals surface area contributed by atoms with Crippen molar-refractivity contribution >= 4 is 17.7 Å². The van der Waals surface area contributed by atoms with Gasteiger partial charge in [-0.3, -0.25) is 9.59 Å². The van der Waals surface area contributed by atoms with Crippen molar-refractivity contribution in [1.29, 1.82) is 0 Å². The van der Waals surface area contributed by atoms with Crippen LogP contribution >= 0.6 is 0 Å². The molecule has 0 unspecified atom stereocenters. The van der Waals surface area contributed by atoms with Crippen molar-refractivity contribution in [2.45, 2.75) is 64.3 Å². The normalized spacial score (nSPS) is 17.1. The van der Waals surface area contributed by atoms with Gasteiger partial charge in [0.15, 0.2) is 0 Å². The Kier molecular flexibility index (Phi) is 6.53. The summed E-state index contributed by atoms with van der Waals surface area (Å²) < 4.78 is 0. The summed E-state index contributed by atoms with van der Waals surface area (Å²) in [6.45, 7) is 1.75. The highest BCUT2D eigenvalue weighted by molar-refractivity contribution is 5.84. The fraction of sp³-hybridized carbons (Fsp3) is 0.786. The number of nitrogens with one attached hydrogen (secondary N) is 1. The highest BCUT2D eigenvalue weighted by atomic mass is 16.4. The third kappa shape index (κ3) is 5.85. The molecule has 0 spiro atoms. The molecular formula is C14H23NO4. The second-order valence-corrected chi connectivity index (χ2v) is 5.24. The number of carbonyl (C=O) groups excluding carboxylic acids is 2. The van der Waals surface area contributed by atoms with Gasteiger partial charge in [-0.25, -0.2) is 4.79 Å². The van der Waals surface area contributed by atoms with Crippen LogP contribution in [0.15, 0.2) is 0 Å². The minimum Gasteiger partial charge on any atom is -0.480 e. The van der Waals surface area contributed by atoms with Crippen molar-refractivity contribution in [2.24, 2.45) is 5.92 Å². The van der Waals surface area contributed by atoms with E-state index in [1.807, 2.05) is 0 Å². The molecule has 0 aromatic rings. The van der Waals surface area contributed by atoms with E-state index in [2.05, 4.69) is 5.32 Å². The average molecular weight is 269 g/mol. The zero-order valence-corrected chi connectivity index (χ0v) is 11.5. The molecule has 0 heterocycles. The number of amides is 1. The lowest BCUT2D eigenvalue weighted by Gasteiger charge is -2.15. The third-order valence-electron chi connectivity index (χ3n) is 3.69. The predicted octanol–water partition coefficient (Wildman–Crippen LogP) is 1.90. The summed E-state index contributed by atoms with van der Waals surface area (Å²) in [7, 11) is 0. The van der Waals surface area contributed by atoms with E-state index in [0.717, 1.165) is 25.7 Å². The first-order valence-corrected chi connectivity index (χ1v) is 7.06. The van der Waals surface area contributed by atoms with Crippen LogP contribution in [0.25, 0.3) is 0 Å². The van der Waals surface area contributed by atoms with E-state index in [4.69, 9.17) is 5.11 Å². The largest absolute Gasteiger partial charge is 0.480 e. The molecule has 0 aromatic carbocycles. The molecule has 1 aliphatic rings. The highest BCUT2D eigenvalue weighted by Gasteiger charge is 2.23. The minimum absolute atomic E-state index is 0.0243. The molecule has 1 aliphatic carbocycles. The summed E-state index contributed by atoms with van der Waals surface area (Å²) in [4.78, 5) is 34.0. The van der Waals surface area contributed by atoms with Gasteiger partial charge in [0.1, 0.15) is 11.8 Å². The number of hydrogen-bond acceptors (Lipinski definition) is 3. The van der Waals surface area contributed by atoms with Gasteiger partial charge in [-0.2, -0.15) is 0 Å². The standard InChI is InChI=1S/C14H23NO4/c1-2-11(16)7-8-12(14(18)19)15-13(17)9-10-5-3-4-6-10/h10,12H,2-9H2,1H3,(H,15,17)(H,18,19)/t12-/m0/s1. The van der Waals surface area contributed by atoms with Crippen LogP contribution in [0.4, 0.5) is 0 Å². The maximum absolute atomic E-state index is 11.8. The summed E-state index contributed by atoms with van der Waals surface area (Å²) >= 11 is 0. The van der Waals surface area contributed by atoms with Crippen molar-refractivity contribution in [1.82, 2.24) is 5.32 Å². The molecule has 0 aliphatic heterocycles. The Morgan fingerprint density at radius 1 is 1.26 bits per heavy atom. The molecule has 0 bridgehead atoms. The first-order valence-electron chi connectivity index (χ1n) is 7.06. The quantitative estimate of drug-likeness (QED) is 0.705. The van der Waals surface area contributed by atoms with Gasteiger partial charge in [-0.1, -0.05) is 19.8 Å². The molecule has 1 rings (SSSR count). The summed E-state index contributed by atoms with van der Waals surface area (Å²) in [5.41, 5.74) is 0. The van der Waals surface area contributed by atoms with Crippen molar-refractivity contribution in [3.63, 3.8) is 0 Å². The van der Waals surface area contributed by atoms with Gasteiger partial charge >= 0.3 is 5.97 Å². The topological polar surface area (TPSA) is 83.5 Å². The van der Waals surface area contributed by atoms with Crippen LogP contribution < -0.4 is 5.32 Å². The minimum atomic E-state index is -1.07. The maximum Gasteiger partial charge on any atom is 0.326 e. The molecule has 5 nitrogen and oxygen atoms in total. The predicted molar refractivity (Wildman–Crippen MR) is 70.7 cm³/mol. The number of carboxylic acid groups (broad SMARTS) is 1. The first-order chi connectivity index (χ1) is 9.02. The Morgan fingerprint density at radius 3 is 2.42 bits per heavy atom. The van der Waals surface area contributed by atoms with Crippen LogP contribution in [0.3, 0.4) is 0 Å². The third-order valence-corrected chi connectivity index (χ3v) is 3.69. The zero-order valence-electron chi connectivity index (χ0n) is 11.5. The van der Waals surface area contributed by atoms with Crippen molar-refractivity contribution in [3.05, 3.63) is 0 Å². The zero-order chi connectivity index (χ0) is 14.3. The number of hydrogen-bond donors (Lipinski definition) is 2. The van der Waals surface area contributed by atoms with Gasteiger partial charge in [0.25, 0.3) is 0 Å². The second kappa shape index (κ2) is 7.92. The molecule has 1 fully saturated rings. The van der Waals surface area contributed by atoms with E-state index in [0.29, 0.717) is 18.8 Å². The second-order valence-electron chi connectivity index (χ2n) is 5.24. The van der Waals surface area contributed by atoms with E-state index in [-0.39, 0.29) is 24.5 Å². The fourth-order valence-corrected chi connectivity index (χ4v) is 2.47. The van der Waals surface area contributed by atoms with Crippen molar-refractivity contribution in [2.75, 3.05) is 0 Å². The summed E-state index contributed by atoms with van der Waals surface area (Å²) in [5, 5.41) is 11.6. The Balaban J connectivity index is 2.36. The SMILES string of the molecule is CCC(=O)CC[C@H](NC(=O)CC1CCCC1)C(=O)O. The van der Waals surface area contributed by atoms with Crippen LogP contribution in [-0.2, 0) is 14.4 Å². The Bertz CT molecular complexity index is 334. The van der Waals surface area contributed by atoms with Crippen LogP contribution in [0.5, 0.6) is 0 Å². The average Bonchev–Trinajstić information content (AvgIpc) is 2.86. The van der Waals surface area contributed by atoms with E-state index in [1.165, 1.54) is 0 Å². The number of carbonyl (C=O) groups is 3. The lowest BCUT2D eigenvalue weighted by atomic mass is 10.0. The molecule has 19 heavy (non-hydrogen) atoms. The number of carboxylic acids is 1. The first kappa shape index (κ1) is 15.7. The number of Topliss-reactive ketones (excluding diaryl/α,β-unsaturated/α-hetero) is 1. The number of rotatable bonds is 8. The molecule has 0 aromatic heterocycles. The van der Waals surface area contributed by atoms with E-state index >= 15 is 0 Å². The molecule has 2 N–H and O–H groups in total. The smallest absolute Gasteiger partial charge is 0.326 e. The fourth-order valence-electron chi connectivity index (χ4n) is 2.47. The maximum atomic E-state index is 11.8. The van der Waals surface area contributed by atoms with Crippen LogP contribution in [0.2, 0.25) is 0 Å². The summed E-state index contributed by atoms with van der Waals surface area (Å²) in [5.74, 6) is -0.852. The Hall–Kier alpha value is -1.39. The molecule has 5 heteroatoms. The summed E-state index contributed by atoms with van der Waals surface area (Å²) in [6.07, 6.45) is 5.62. The van der Waals surface area contributed by atoms with Crippen LogP contribution in [-0.4, -0.2) is 28.8 Å². The van der Waals surface area contributed by atoms with Gasteiger partial charge in [-0.05, 0) is 25.2 Å². The Morgan fingerprint density at radius 2 is 1.89 bits per heavy atom. The van der Waals surface area contributed by atoms with Crippen molar-refractivity contribution < 1.29 is 19.5 Å². The number of aliphatic carboxylic acids is 1. The lowest BCUT2D eigenvalue weighted by Crippen LogP contribution is -2.41. The van der Waals surface area contributed by atoms with Gasteiger partial charge in [0, 0.05) is 19.3 Å².